The molecule has 1 aliphatic carbocycles. The smallest absolute Gasteiger partial charge is 0.137 e. The number of nitrogens with one attached hydrogen (secondary N) is 1. The van der Waals surface area contributed by atoms with Gasteiger partial charge in [-0.1, -0.05) is 32.0 Å². The van der Waals surface area contributed by atoms with Crippen molar-refractivity contribution in [1.82, 2.24) is 5.32 Å². The van der Waals surface area contributed by atoms with E-state index in [-0.39, 0.29) is 0 Å². The Kier molecular flexibility index (Phi) is 2.67. The van der Waals surface area contributed by atoms with E-state index >= 15 is 0 Å². The Morgan fingerprint density at radius 1 is 1.35 bits per heavy atom. The Hall–Kier alpha value is -1.28. The van der Waals surface area contributed by atoms with Crippen molar-refractivity contribution < 1.29 is 4.42 Å². The second kappa shape index (κ2) is 4.19. The van der Waals surface area contributed by atoms with Crippen molar-refractivity contribution in [2.24, 2.45) is 0 Å². The van der Waals surface area contributed by atoms with Crippen molar-refractivity contribution in [2.45, 2.75) is 45.2 Å². The highest BCUT2D eigenvalue weighted by Gasteiger charge is 2.20. The van der Waals surface area contributed by atoms with Gasteiger partial charge >= 0.3 is 0 Å². The van der Waals surface area contributed by atoms with Gasteiger partial charge < -0.3 is 9.73 Å². The van der Waals surface area contributed by atoms with Gasteiger partial charge in [0.1, 0.15) is 11.3 Å². The normalized spacial score (nSPS) is 15.9. The van der Waals surface area contributed by atoms with E-state index in [2.05, 4.69) is 43.4 Å². The zero-order valence-corrected chi connectivity index (χ0v) is 10.5. The predicted molar refractivity (Wildman–Crippen MR) is 70.2 cm³/mol. The molecular formula is C15H19NO. The fourth-order valence-electron chi connectivity index (χ4n) is 2.21. The SMILES string of the molecule is CC(C)c1cccc2cc(CNC3CC3)oc12. The maximum atomic E-state index is 5.98. The third-order valence-electron chi connectivity index (χ3n) is 3.39. The molecule has 2 nitrogen and oxygen atoms in total. The van der Waals surface area contributed by atoms with E-state index in [1.165, 1.54) is 23.8 Å². The molecule has 0 atom stereocenters. The van der Waals surface area contributed by atoms with Crippen LogP contribution in [0.15, 0.2) is 28.7 Å². The van der Waals surface area contributed by atoms with Crippen LogP contribution in [0.4, 0.5) is 0 Å². The van der Waals surface area contributed by atoms with Crippen molar-refractivity contribution in [2.75, 3.05) is 0 Å². The summed E-state index contributed by atoms with van der Waals surface area (Å²) in [6, 6.07) is 9.30. The molecule has 0 aliphatic heterocycles. The van der Waals surface area contributed by atoms with E-state index in [0.717, 1.165) is 23.9 Å². The van der Waals surface area contributed by atoms with Crippen molar-refractivity contribution in [3.63, 3.8) is 0 Å². The van der Waals surface area contributed by atoms with Gasteiger partial charge in [-0.05, 0) is 30.4 Å². The molecule has 0 unspecified atom stereocenters. The third-order valence-corrected chi connectivity index (χ3v) is 3.39. The Bertz CT molecular complexity index is 523. The van der Waals surface area contributed by atoms with Crippen LogP contribution < -0.4 is 5.32 Å². The van der Waals surface area contributed by atoms with Crippen LogP contribution in [0.2, 0.25) is 0 Å². The molecule has 90 valence electrons. The molecule has 1 saturated carbocycles. The Morgan fingerprint density at radius 2 is 2.18 bits per heavy atom. The van der Waals surface area contributed by atoms with E-state index in [1.54, 1.807) is 0 Å². The number of fused-ring (bicyclic) bond motifs is 1. The first-order valence-corrected chi connectivity index (χ1v) is 6.49. The van der Waals surface area contributed by atoms with Gasteiger partial charge in [0.2, 0.25) is 0 Å². The lowest BCUT2D eigenvalue weighted by molar-refractivity contribution is 0.509. The first-order valence-electron chi connectivity index (χ1n) is 6.49. The van der Waals surface area contributed by atoms with Crippen molar-refractivity contribution in [3.8, 4) is 0 Å². The second-order valence-corrected chi connectivity index (χ2v) is 5.29. The van der Waals surface area contributed by atoms with Crippen molar-refractivity contribution >= 4 is 11.0 Å². The van der Waals surface area contributed by atoms with Crippen LogP contribution in [0.1, 0.15) is 43.9 Å². The van der Waals surface area contributed by atoms with Gasteiger partial charge in [0.15, 0.2) is 0 Å². The van der Waals surface area contributed by atoms with E-state index in [4.69, 9.17) is 4.42 Å². The number of furan rings is 1. The number of hydrogen-bond acceptors (Lipinski definition) is 2. The first-order chi connectivity index (χ1) is 8.24. The molecule has 0 radical (unpaired) electrons. The molecule has 1 aliphatic rings. The summed E-state index contributed by atoms with van der Waals surface area (Å²) in [4.78, 5) is 0. The largest absolute Gasteiger partial charge is 0.459 e. The van der Waals surface area contributed by atoms with Gasteiger partial charge in [-0.15, -0.1) is 0 Å². The van der Waals surface area contributed by atoms with Crippen LogP contribution >= 0.6 is 0 Å². The fraction of sp³-hybridized carbons (Fsp3) is 0.467. The third kappa shape index (κ3) is 2.22. The summed E-state index contributed by atoms with van der Waals surface area (Å²) in [6.45, 7) is 5.27. The molecule has 17 heavy (non-hydrogen) atoms. The zero-order chi connectivity index (χ0) is 11.8. The summed E-state index contributed by atoms with van der Waals surface area (Å²) in [7, 11) is 0. The van der Waals surface area contributed by atoms with Crippen LogP contribution in [0, 0.1) is 0 Å². The lowest BCUT2D eigenvalue weighted by atomic mass is 10.0. The highest BCUT2D eigenvalue weighted by Crippen LogP contribution is 2.28. The van der Waals surface area contributed by atoms with E-state index < -0.39 is 0 Å². The second-order valence-electron chi connectivity index (χ2n) is 5.29. The monoisotopic (exact) mass is 229 g/mol. The molecule has 1 aromatic carbocycles. The average molecular weight is 229 g/mol. The zero-order valence-electron chi connectivity index (χ0n) is 10.5. The molecule has 0 amide bonds. The van der Waals surface area contributed by atoms with E-state index in [0.29, 0.717) is 5.92 Å². The number of para-hydroxylation sites is 1. The first kappa shape index (κ1) is 10.8. The lowest BCUT2D eigenvalue weighted by Gasteiger charge is -2.05. The molecule has 1 N–H and O–H groups in total. The summed E-state index contributed by atoms with van der Waals surface area (Å²) in [5.41, 5.74) is 2.37. The molecular weight excluding hydrogens is 210 g/mol. The van der Waals surface area contributed by atoms with Crippen molar-refractivity contribution in [3.05, 3.63) is 35.6 Å². The maximum Gasteiger partial charge on any atom is 0.137 e. The average Bonchev–Trinajstić information content (AvgIpc) is 3.04. The highest BCUT2D eigenvalue weighted by molar-refractivity contribution is 5.81. The molecule has 0 bridgehead atoms. The van der Waals surface area contributed by atoms with Crippen LogP contribution in [-0.2, 0) is 6.54 Å². The molecule has 1 fully saturated rings. The molecule has 0 saturated heterocycles. The number of rotatable bonds is 4. The summed E-state index contributed by atoms with van der Waals surface area (Å²) in [6.07, 6.45) is 2.63. The van der Waals surface area contributed by atoms with Gasteiger partial charge in [0.05, 0.1) is 6.54 Å². The van der Waals surface area contributed by atoms with Crippen LogP contribution in [0.3, 0.4) is 0 Å². The summed E-state index contributed by atoms with van der Waals surface area (Å²) >= 11 is 0. The lowest BCUT2D eigenvalue weighted by Crippen LogP contribution is -2.14. The molecule has 2 aromatic rings. The summed E-state index contributed by atoms with van der Waals surface area (Å²) in [5.74, 6) is 1.56. The van der Waals surface area contributed by atoms with Gasteiger partial charge in [-0.2, -0.15) is 0 Å². The summed E-state index contributed by atoms with van der Waals surface area (Å²) < 4.78 is 5.98. The molecule has 0 spiro atoms. The minimum absolute atomic E-state index is 0.508. The highest BCUT2D eigenvalue weighted by atomic mass is 16.3. The van der Waals surface area contributed by atoms with Crippen LogP contribution in [0.25, 0.3) is 11.0 Å². The Balaban J connectivity index is 1.90. The van der Waals surface area contributed by atoms with Gasteiger partial charge in [-0.3, -0.25) is 0 Å². The van der Waals surface area contributed by atoms with E-state index in [9.17, 15) is 0 Å². The van der Waals surface area contributed by atoms with Gasteiger partial charge in [0.25, 0.3) is 0 Å². The quantitative estimate of drug-likeness (QED) is 0.862. The topological polar surface area (TPSA) is 25.2 Å². The fourth-order valence-corrected chi connectivity index (χ4v) is 2.21. The molecule has 3 rings (SSSR count). The molecule has 2 heteroatoms. The van der Waals surface area contributed by atoms with E-state index in [1.807, 2.05) is 0 Å². The Labute approximate surface area is 102 Å². The predicted octanol–water partition coefficient (Wildman–Crippen LogP) is 3.81. The van der Waals surface area contributed by atoms with Crippen LogP contribution in [-0.4, -0.2) is 6.04 Å². The van der Waals surface area contributed by atoms with Crippen molar-refractivity contribution in [1.29, 1.82) is 0 Å². The number of benzene rings is 1. The molecule has 1 aromatic heterocycles. The summed E-state index contributed by atoms with van der Waals surface area (Å²) in [5, 5.41) is 4.71. The maximum absolute atomic E-state index is 5.98. The minimum atomic E-state index is 0.508. The van der Waals surface area contributed by atoms with Gasteiger partial charge in [-0.25, -0.2) is 0 Å². The van der Waals surface area contributed by atoms with Crippen LogP contribution in [0.5, 0.6) is 0 Å². The molecule has 1 heterocycles. The Morgan fingerprint density at radius 3 is 2.88 bits per heavy atom. The standard InChI is InChI=1S/C15H19NO/c1-10(2)14-5-3-4-11-8-13(17-15(11)14)9-16-12-6-7-12/h3-5,8,10,12,16H,6-7,9H2,1-2H3. The number of hydrogen-bond donors (Lipinski definition) is 1. The van der Waals surface area contributed by atoms with Gasteiger partial charge in [0, 0.05) is 11.4 Å². The minimum Gasteiger partial charge on any atom is -0.459 e.